The molecule has 8 nitrogen and oxygen atoms in total. The number of amides is 2. The summed E-state index contributed by atoms with van der Waals surface area (Å²) in [5, 5.41) is 8.30. The van der Waals surface area contributed by atoms with E-state index in [1.54, 1.807) is 50.7 Å². The summed E-state index contributed by atoms with van der Waals surface area (Å²) < 4.78 is 5.24. The van der Waals surface area contributed by atoms with Gasteiger partial charge in [-0.25, -0.2) is 4.98 Å². The summed E-state index contributed by atoms with van der Waals surface area (Å²) in [6.45, 7) is 2.34. The van der Waals surface area contributed by atoms with E-state index in [0.717, 1.165) is 5.69 Å². The fraction of sp³-hybridized carbons (Fsp3) is 0.211. The number of rotatable bonds is 3. The van der Waals surface area contributed by atoms with E-state index in [1.807, 2.05) is 6.92 Å². The molecule has 0 atom stereocenters. The zero-order valence-corrected chi connectivity index (χ0v) is 15.1. The SMILES string of the molecule is CCN1C(=O)/C(=N\N=C2/C(=O)N(C)c3ccc(OC)cc32)c2cccnc21. The zero-order valence-electron chi connectivity index (χ0n) is 15.1. The number of benzene rings is 1. The van der Waals surface area contributed by atoms with Crippen molar-refractivity contribution in [1.82, 2.24) is 4.98 Å². The van der Waals surface area contributed by atoms with Crippen molar-refractivity contribution in [1.29, 1.82) is 0 Å². The fourth-order valence-electron chi connectivity index (χ4n) is 3.23. The van der Waals surface area contributed by atoms with E-state index < -0.39 is 0 Å². The van der Waals surface area contributed by atoms with Crippen LogP contribution in [0.3, 0.4) is 0 Å². The van der Waals surface area contributed by atoms with Gasteiger partial charge >= 0.3 is 0 Å². The van der Waals surface area contributed by atoms with Crippen molar-refractivity contribution in [3.63, 3.8) is 0 Å². The minimum absolute atomic E-state index is 0.173. The maximum Gasteiger partial charge on any atom is 0.280 e. The lowest BCUT2D eigenvalue weighted by molar-refractivity contribution is -0.113. The standard InChI is InChI=1S/C19H17N5O3/c1-4-24-17-12(6-5-9-20-17)15(19(24)26)21-22-16-13-10-11(27-3)7-8-14(13)23(2)18(16)25/h5-10H,4H2,1-3H3/b21-15-,22-16-. The normalized spacial score (nSPS) is 18.5. The van der Waals surface area contributed by atoms with Gasteiger partial charge in [0.15, 0.2) is 11.4 Å². The largest absolute Gasteiger partial charge is 0.497 e. The van der Waals surface area contributed by atoms with E-state index in [0.29, 0.717) is 29.2 Å². The van der Waals surface area contributed by atoms with Gasteiger partial charge in [-0.3, -0.25) is 14.5 Å². The Hall–Kier alpha value is -3.55. The third-order valence-corrected chi connectivity index (χ3v) is 4.64. The Morgan fingerprint density at radius 1 is 1.07 bits per heavy atom. The zero-order chi connectivity index (χ0) is 19.1. The van der Waals surface area contributed by atoms with Crippen LogP contribution in [-0.4, -0.2) is 48.9 Å². The number of anilines is 2. The second-order valence-electron chi connectivity index (χ2n) is 6.07. The van der Waals surface area contributed by atoms with Crippen LogP contribution >= 0.6 is 0 Å². The van der Waals surface area contributed by atoms with Crippen LogP contribution < -0.4 is 14.5 Å². The number of carbonyl (C=O) groups excluding carboxylic acids is 2. The van der Waals surface area contributed by atoms with Crippen molar-refractivity contribution >= 4 is 34.7 Å². The molecular weight excluding hydrogens is 346 g/mol. The van der Waals surface area contributed by atoms with Crippen molar-refractivity contribution in [2.24, 2.45) is 10.2 Å². The third kappa shape index (κ3) is 2.49. The molecule has 0 radical (unpaired) electrons. The van der Waals surface area contributed by atoms with E-state index in [9.17, 15) is 9.59 Å². The van der Waals surface area contributed by atoms with Crippen LogP contribution in [0, 0.1) is 0 Å². The molecule has 0 saturated carbocycles. The molecule has 2 aliphatic rings. The highest BCUT2D eigenvalue weighted by Gasteiger charge is 2.35. The average Bonchev–Trinajstić information content (AvgIpc) is 3.10. The molecule has 27 heavy (non-hydrogen) atoms. The smallest absolute Gasteiger partial charge is 0.280 e. The number of hydrogen-bond acceptors (Lipinski definition) is 6. The van der Waals surface area contributed by atoms with Crippen LogP contribution in [0.15, 0.2) is 46.7 Å². The predicted octanol–water partition coefficient (Wildman–Crippen LogP) is 1.63. The van der Waals surface area contributed by atoms with Crippen molar-refractivity contribution in [2.75, 3.05) is 30.5 Å². The number of methoxy groups -OCH3 is 1. The molecule has 0 bridgehead atoms. The molecule has 0 saturated heterocycles. The lowest BCUT2D eigenvalue weighted by atomic mass is 10.1. The van der Waals surface area contributed by atoms with Gasteiger partial charge in [0.25, 0.3) is 11.8 Å². The maximum absolute atomic E-state index is 12.7. The molecule has 0 fully saturated rings. The molecular formula is C19H17N5O3. The van der Waals surface area contributed by atoms with Gasteiger partial charge in [-0.15, -0.1) is 10.2 Å². The quantitative estimate of drug-likeness (QED) is 0.776. The molecule has 1 aromatic heterocycles. The van der Waals surface area contributed by atoms with E-state index in [1.165, 1.54) is 9.80 Å². The highest BCUT2D eigenvalue weighted by molar-refractivity contribution is 6.56. The minimum atomic E-state index is -0.285. The number of aromatic nitrogens is 1. The summed E-state index contributed by atoms with van der Waals surface area (Å²) in [7, 11) is 3.22. The van der Waals surface area contributed by atoms with E-state index in [-0.39, 0.29) is 23.2 Å². The van der Waals surface area contributed by atoms with Crippen molar-refractivity contribution in [3.05, 3.63) is 47.7 Å². The molecule has 0 N–H and O–H groups in total. The molecule has 0 spiro atoms. The molecule has 4 rings (SSSR count). The molecule has 2 aromatic rings. The Morgan fingerprint density at radius 3 is 2.52 bits per heavy atom. The summed E-state index contributed by atoms with van der Waals surface area (Å²) in [5.74, 6) is 0.605. The molecule has 0 aliphatic carbocycles. The highest BCUT2D eigenvalue weighted by atomic mass is 16.5. The first kappa shape index (κ1) is 16.9. The van der Waals surface area contributed by atoms with Gasteiger partial charge in [0.1, 0.15) is 11.6 Å². The van der Waals surface area contributed by atoms with Crippen LogP contribution in [-0.2, 0) is 9.59 Å². The lowest BCUT2D eigenvalue weighted by Gasteiger charge is -2.11. The van der Waals surface area contributed by atoms with Gasteiger partial charge in [-0.2, -0.15) is 0 Å². The third-order valence-electron chi connectivity index (χ3n) is 4.64. The number of hydrogen-bond donors (Lipinski definition) is 0. The molecule has 0 unspecified atom stereocenters. The second-order valence-corrected chi connectivity index (χ2v) is 6.07. The van der Waals surface area contributed by atoms with Crippen LogP contribution in [0.25, 0.3) is 0 Å². The average molecular weight is 363 g/mol. The monoisotopic (exact) mass is 363 g/mol. The van der Waals surface area contributed by atoms with Gasteiger partial charge in [0, 0.05) is 25.4 Å². The Bertz CT molecular complexity index is 1030. The number of nitrogens with zero attached hydrogens (tertiary/aromatic N) is 5. The van der Waals surface area contributed by atoms with Crippen molar-refractivity contribution in [3.8, 4) is 5.75 Å². The first-order valence-electron chi connectivity index (χ1n) is 8.46. The fourth-order valence-corrected chi connectivity index (χ4v) is 3.23. The summed E-state index contributed by atoms with van der Waals surface area (Å²) in [5.41, 5.74) is 2.30. The number of ether oxygens (including phenoxy) is 1. The Labute approximate surface area is 155 Å². The van der Waals surface area contributed by atoms with Crippen LogP contribution in [0.4, 0.5) is 11.5 Å². The summed E-state index contributed by atoms with van der Waals surface area (Å²) >= 11 is 0. The summed E-state index contributed by atoms with van der Waals surface area (Å²) in [4.78, 5) is 32.5. The van der Waals surface area contributed by atoms with E-state index >= 15 is 0 Å². The van der Waals surface area contributed by atoms with Crippen molar-refractivity contribution in [2.45, 2.75) is 6.92 Å². The van der Waals surface area contributed by atoms with Crippen LogP contribution in [0.2, 0.25) is 0 Å². The topological polar surface area (TPSA) is 87.5 Å². The number of fused-ring (bicyclic) bond motifs is 2. The number of pyridine rings is 1. The van der Waals surface area contributed by atoms with Gasteiger partial charge < -0.3 is 9.64 Å². The first-order valence-corrected chi connectivity index (χ1v) is 8.46. The molecule has 1 aromatic carbocycles. The first-order chi connectivity index (χ1) is 13.1. The predicted molar refractivity (Wildman–Crippen MR) is 102 cm³/mol. The Kier molecular flexibility index (Phi) is 3.95. The van der Waals surface area contributed by atoms with Gasteiger partial charge in [0.05, 0.1) is 18.4 Å². The molecule has 8 heteroatoms. The molecule has 2 aliphatic heterocycles. The highest BCUT2D eigenvalue weighted by Crippen LogP contribution is 2.32. The van der Waals surface area contributed by atoms with Crippen LogP contribution in [0.5, 0.6) is 5.75 Å². The summed E-state index contributed by atoms with van der Waals surface area (Å²) in [6.07, 6.45) is 1.63. The Balaban J connectivity index is 1.82. The summed E-state index contributed by atoms with van der Waals surface area (Å²) in [6, 6.07) is 8.82. The molecule has 136 valence electrons. The van der Waals surface area contributed by atoms with E-state index in [2.05, 4.69) is 15.2 Å². The number of carbonyl (C=O) groups is 2. The Morgan fingerprint density at radius 2 is 1.81 bits per heavy atom. The molecule has 3 heterocycles. The maximum atomic E-state index is 12.7. The second kappa shape index (κ2) is 6.31. The van der Waals surface area contributed by atoms with Crippen LogP contribution in [0.1, 0.15) is 18.1 Å². The van der Waals surface area contributed by atoms with Gasteiger partial charge in [-0.1, -0.05) is 0 Å². The van der Waals surface area contributed by atoms with E-state index in [4.69, 9.17) is 4.74 Å². The van der Waals surface area contributed by atoms with Gasteiger partial charge in [-0.05, 0) is 37.3 Å². The lowest BCUT2D eigenvalue weighted by Crippen LogP contribution is -2.30. The van der Waals surface area contributed by atoms with Gasteiger partial charge in [0.2, 0.25) is 0 Å². The van der Waals surface area contributed by atoms with Crippen molar-refractivity contribution < 1.29 is 14.3 Å². The molecule has 2 amide bonds. The minimum Gasteiger partial charge on any atom is -0.497 e. The number of likely N-dealkylation sites (N-methyl/N-ethyl adjacent to an activating group) is 2.